The predicted molar refractivity (Wildman–Crippen MR) is 122 cm³/mol. The van der Waals surface area contributed by atoms with Crippen LogP contribution in [0.15, 0.2) is 60.2 Å². The fourth-order valence-corrected chi connectivity index (χ4v) is 6.20. The highest BCUT2D eigenvalue weighted by atomic mass is 16.5. The number of hydrogen-bond acceptors (Lipinski definition) is 3. The van der Waals surface area contributed by atoms with Gasteiger partial charge in [-0.3, -0.25) is 4.79 Å². The second-order valence-corrected chi connectivity index (χ2v) is 9.48. The molecule has 1 fully saturated rings. The highest BCUT2D eigenvalue weighted by molar-refractivity contribution is 5.79. The molecule has 3 aliphatic rings. The van der Waals surface area contributed by atoms with Gasteiger partial charge in [-0.15, -0.1) is 0 Å². The Morgan fingerprint density at radius 2 is 1.75 bits per heavy atom. The van der Waals surface area contributed by atoms with Gasteiger partial charge >= 0.3 is 12.1 Å². The summed E-state index contributed by atoms with van der Waals surface area (Å²) in [6, 6.07) is 16.5. The average molecular weight is 432 g/mol. The number of amides is 1. The molecule has 5 heteroatoms. The van der Waals surface area contributed by atoms with Crippen molar-refractivity contribution >= 4 is 12.1 Å². The zero-order valence-electron chi connectivity index (χ0n) is 18.3. The fraction of sp³-hybridized carbons (Fsp3) is 0.407. The number of hydrogen-bond donors (Lipinski definition) is 2. The third kappa shape index (κ3) is 3.50. The van der Waals surface area contributed by atoms with Gasteiger partial charge in [-0.05, 0) is 53.4 Å². The number of carbonyl (C=O) groups excluding carboxylic acids is 1. The first-order valence-electron chi connectivity index (χ1n) is 11.5. The molecule has 1 saturated carbocycles. The molecular weight excluding hydrogens is 402 g/mol. The maximum absolute atomic E-state index is 12.6. The maximum Gasteiger partial charge on any atom is 0.407 e. The number of allylic oxidation sites excluding steroid dienone is 2. The fourth-order valence-electron chi connectivity index (χ4n) is 6.20. The number of fused-ring (bicyclic) bond motifs is 4. The molecule has 166 valence electrons. The summed E-state index contributed by atoms with van der Waals surface area (Å²) in [5.74, 6) is -0.0359. The quantitative estimate of drug-likeness (QED) is 0.579. The van der Waals surface area contributed by atoms with Crippen molar-refractivity contribution in [2.45, 2.75) is 38.5 Å². The van der Waals surface area contributed by atoms with Crippen LogP contribution in [0.25, 0.3) is 11.1 Å². The Hall–Kier alpha value is -3.08. The molecule has 5 nitrogen and oxygen atoms in total. The standard InChI is InChI=1S/C27H29NO4/c1-2-17-11-18-13-27(14-25(29)30,24(18)12-17)16-28-26(31)32-15-23-21-9-5-3-7-19(21)20-8-4-6-10-22(20)23/h3-10,12,18,23-24H,2,11,13-16H2,1H3,(H,28,31)(H,29,30)/t18-,24-,27-/m1/s1. The summed E-state index contributed by atoms with van der Waals surface area (Å²) in [5.41, 5.74) is 5.74. The first kappa shape index (κ1) is 20.8. The van der Waals surface area contributed by atoms with E-state index in [0.29, 0.717) is 12.5 Å². The van der Waals surface area contributed by atoms with Crippen LogP contribution >= 0.6 is 0 Å². The van der Waals surface area contributed by atoms with E-state index in [0.717, 1.165) is 19.3 Å². The number of carboxylic acid groups (broad SMARTS) is 1. The Morgan fingerprint density at radius 3 is 2.38 bits per heavy atom. The molecule has 1 amide bonds. The Bertz CT molecular complexity index is 1050. The maximum atomic E-state index is 12.6. The number of alkyl carbamates (subject to hydrolysis) is 1. The summed E-state index contributed by atoms with van der Waals surface area (Å²) in [6.07, 6.45) is 4.77. The number of ether oxygens (including phenoxy) is 1. The molecule has 0 heterocycles. The van der Waals surface area contributed by atoms with Crippen LogP contribution in [0, 0.1) is 17.3 Å². The zero-order valence-corrected chi connectivity index (χ0v) is 18.3. The molecule has 0 bridgehead atoms. The van der Waals surface area contributed by atoms with Crippen molar-refractivity contribution in [2.24, 2.45) is 17.3 Å². The minimum Gasteiger partial charge on any atom is -0.481 e. The van der Waals surface area contributed by atoms with Crippen LogP contribution in [-0.2, 0) is 9.53 Å². The van der Waals surface area contributed by atoms with Gasteiger partial charge in [0, 0.05) is 17.9 Å². The lowest BCUT2D eigenvalue weighted by Crippen LogP contribution is -2.53. The van der Waals surface area contributed by atoms with E-state index in [1.807, 2.05) is 24.3 Å². The van der Waals surface area contributed by atoms with Gasteiger partial charge in [0.15, 0.2) is 0 Å². The zero-order chi connectivity index (χ0) is 22.3. The van der Waals surface area contributed by atoms with E-state index in [1.54, 1.807) is 0 Å². The third-order valence-corrected chi connectivity index (χ3v) is 7.71. The first-order valence-corrected chi connectivity index (χ1v) is 11.5. The number of aliphatic carboxylic acids is 1. The Morgan fingerprint density at radius 1 is 1.09 bits per heavy atom. The van der Waals surface area contributed by atoms with Crippen molar-refractivity contribution < 1.29 is 19.4 Å². The smallest absolute Gasteiger partial charge is 0.407 e. The molecule has 0 aliphatic heterocycles. The van der Waals surface area contributed by atoms with E-state index < -0.39 is 17.5 Å². The van der Waals surface area contributed by atoms with E-state index >= 15 is 0 Å². The largest absolute Gasteiger partial charge is 0.481 e. The first-order chi connectivity index (χ1) is 15.5. The SMILES string of the molecule is CCC1=C[C@@H]2[C@H](C1)C[C@]2(CNC(=O)OCC1c2ccccc2-c2ccccc21)CC(=O)O. The van der Waals surface area contributed by atoms with Crippen molar-refractivity contribution in [1.82, 2.24) is 5.32 Å². The predicted octanol–water partition coefficient (Wildman–Crippen LogP) is 5.36. The Labute approximate surface area is 188 Å². The average Bonchev–Trinajstić information content (AvgIpc) is 3.30. The number of benzene rings is 2. The summed E-state index contributed by atoms with van der Waals surface area (Å²) in [6.45, 7) is 2.74. The van der Waals surface area contributed by atoms with Gasteiger partial charge in [-0.25, -0.2) is 4.79 Å². The molecule has 2 N–H and O–H groups in total. The van der Waals surface area contributed by atoms with Crippen LogP contribution < -0.4 is 5.32 Å². The molecular formula is C27H29NO4. The van der Waals surface area contributed by atoms with Crippen molar-refractivity contribution in [3.05, 3.63) is 71.3 Å². The lowest BCUT2D eigenvalue weighted by molar-refractivity contribution is -0.144. The molecule has 0 aromatic heterocycles. The monoisotopic (exact) mass is 431 g/mol. The Kier molecular flexibility index (Phi) is 5.28. The van der Waals surface area contributed by atoms with Crippen LogP contribution in [0.2, 0.25) is 0 Å². The normalized spacial score (nSPS) is 25.2. The van der Waals surface area contributed by atoms with Crippen LogP contribution in [0.3, 0.4) is 0 Å². The number of rotatable bonds is 7. The summed E-state index contributed by atoms with van der Waals surface area (Å²) < 4.78 is 5.65. The lowest BCUT2D eigenvalue weighted by Gasteiger charge is -2.51. The molecule has 0 spiro atoms. The van der Waals surface area contributed by atoms with Gasteiger partial charge < -0.3 is 15.2 Å². The molecule has 2 aromatic rings. The highest BCUT2D eigenvalue weighted by Crippen LogP contribution is 2.59. The van der Waals surface area contributed by atoms with Crippen LogP contribution in [0.4, 0.5) is 4.79 Å². The second kappa shape index (κ2) is 8.12. The van der Waals surface area contributed by atoms with Gasteiger partial charge in [-0.1, -0.05) is 67.1 Å². The van der Waals surface area contributed by atoms with Gasteiger partial charge in [0.2, 0.25) is 0 Å². The van der Waals surface area contributed by atoms with E-state index in [9.17, 15) is 14.7 Å². The van der Waals surface area contributed by atoms with Gasteiger partial charge in [-0.2, -0.15) is 0 Å². The molecule has 2 aromatic carbocycles. The number of carboxylic acids is 1. The van der Waals surface area contributed by atoms with E-state index in [2.05, 4.69) is 42.6 Å². The van der Waals surface area contributed by atoms with E-state index in [-0.39, 0.29) is 24.9 Å². The minimum absolute atomic E-state index is 0.0130. The van der Waals surface area contributed by atoms with Crippen molar-refractivity contribution in [3.63, 3.8) is 0 Å². The molecule has 0 saturated heterocycles. The summed E-state index contributed by atoms with van der Waals surface area (Å²) >= 11 is 0. The number of nitrogens with one attached hydrogen (secondary N) is 1. The molecule has 0 radical (unpaired) electrons. The van der Waals surface area contributed by atoms with Gasteiger partial charge in [0.05, 0.1) is 6.42 Å². The second-order valence-electron chi connectivity index (χ2n) is 9.48. The summed E-state index contributed by atoms with van der Waals surface area (Å²) in [5, 5.41) is 12.4. The van der Waals surface area contributed by atoms with Crippen LogP contribution in [0.5, 0.6) is 0 Å². The van der Waals surface area contributed by atoms with Crippen LogP contribution in [0.1, 0.15) is 49.7 Å². The van der Waals surface area contributed by atoms with Crippen molar-refractivity contribution in [3.8, 4) is 11.1 Å². The summed E-state index contributed by atoms with van der Waals surface area (Å²) in [7, 11) is 0. The number of carbonyl (C=O) groups is 2. The van der Waals surface area contributed by atoms with Gasteiger partial charge in [0.25, 0.3) is 0 Å². The third-order valence-electron chi connectivity index (χ3n) is 7.71. The van der Waals surface area contributed by atoms with Crippen molar-refractivity contribution in [2.75, 3.05) is 13.2 Å². The molecule has 32 heavy (non-hydrogen) atoms. The van der Waals surface area contributed by atoms with Crippen LogP contribution in [-0.4, -0.2) is 30.3 Å². The Balaban J connectivity index is 1.24. The molecule has 3 aliphatic carbocycles. The van der Waals surface area contributed by atoms with Gasteiger partial charge in [0.1, 0.15) is 6.61 Å². The van der Waals surface area contributed by atoms with E-state index in [1.165, 1.54) is 27.8 Å². The van der Waals surface area contributed by atoms with Crippen molar-refractivity contribution in [1.29, 1.82) is 0 Å². The summed E-state index contributed by atoms with van der Waals surface area (Å²) in [4.78, 5) is 24.2. The molecule has 5 rings (SSSR count). The highest BCUT2D eigenvalue weighted by Gasteiger charge is 2.55. The lowest BCUT2D eigenvalue weighted by atomic mass is 9.53. The molecule has 0 unspecified atom stereocenters. The minimum atomic E-state index is -0.809. The topological polar surface area (TPSA) is 75.6 Å². The van der Waals surface area contributed by atoms with E-state index in [4.69, 9.17) is 4.74 Å². The molecule has 3 atom stereocenters.